The molecule has 1 saturated heterocycles. The number of amidine groups is 1. The monoisotopic (exact) mass is 383 g/mol. The number of thioether (sulfide) groups is 1. The Morgan fingerprint density at radius 2 is 1.96 bits per heavy atom. The van der Waals surface area contributed by atoms with E-state index in [0.29, 0.717) is 16.6 Å². The smallest absolute Gasteiger partial charge is 0.240 e. The number of amides is 2. The molecule has 7 heteroatoms. The third kappa shape index (κ3) is 5.10. The van der Waals surface area contributed by atoms with Gasteiger partial charge in [0.15, 0.2) is 5.17 Å². The Balaban J connectivity index is 1.63. The number of aliphatic imine (C=N–C) groups is 1. The zero-order valence-electron chi connectivity index (χ0n) is 15.4. The minimum Gasteiger partial charge on any atom is -0.497 e. The summed E-state index contributed by atoms with van der Waals surface area (Å²) in [6.45, 7) is 4.01. The fourth-order valence-electron chi connectivity index (χ4n) is 2.81. The van der Waals surface area contributed by atoms with Crippen molar-refractivity contribution in [1.82, 2.24) is 5.32 Å². The predicted octanol–water partition coefficient (Wildman–Crippen LogP) is 3.56. The van der Waals surface area contributed by atoms with Gasteiger partial charge in [-0.3, -0.25) is 9.59 Å². The van der Waals surface area contributed by atoms with Crippen molar-refractivity contribution in [2.24, 2.45) is 4.99 Å². The molecular formula is C20H21N3O3S. The summed E-state index contributed by atoms with van der Waals surface area (Å²) in [5.41, 5.74) is 3.64. The lowest BCUT2D eigenvalue weighted by atomic mass is 10.1. The standard InChI is InChI=1S/C20H21N3O3S/c1-12-7-13(2)9-15(8-12)22-20-23-19(25)17(27-20)11-18(24)21-14-5-4-6-16(10-14)26-3/h4-10,17H,11H2,1-3H3,(H,21,24)(H,22,23,25)/t17-/m0/s1. The highest BCUT2D eigenvalue weighted by Crippen LogP contribution is 2.27. The van der Waals surface area contributed by atoms with Crippen LogP contribution in [-0.4, -0.2) is 29.3 Å². The second kappa shape index (κ2) is 8.26. The summed E-state index contributed by atoms with van der Waals surface area (Å²) < 4.78 is 5.14. The molecule has 0 aliphatic carbocycles. The highest BCUT2D eigenvalue weighted by Gasteiger charge is 2.32. The number of aryl methyl sites for hydroxylation is 2. The van der Waals surface area contributed by atoms with Crippen molar-refractivity contribution in [3.8, 4) is 5.75 Å². The van der Waals surface area contributed by atoms with E-state index in [9.17, 15) is 9.59 Å². The van der Waals surface area contributed by atoms with Crippen LogP contribution >= 0.6 is 11.8 Å². The fourth-order valence-corrected chi connectivity index (χ4v) is 3.79. The first-order valence-electron chi connectivity index (χ1n) is 8.51. The largest absolute Gasteiger partial charge is 0.497 e. The van der Waals surface area contributed by atoms with E-state index < -0.39 is 5.25 Å². The first kappa shape index (κ1) is 19.0. The first-order chi connectivity index (χ1) is 12.9. The van der Waals surface area contributed by atoms with Crippen LogP contribution < -0.4 is 15.4 Å². The van der Waals surface area contributed by atoms with Crippen molar-refractivity contribution in [3.63, 3.8) is 0 Å². The molecule has 0 spiro atoms. The summed E-state index contributed by atoms with van der Waals surface area (Å²) in [5, 5.41) is 5.56. The summed E-state index contributed by atoms with van der Waals surface area (Å²) in [4.78, 5) is 29.0. The van der Waals surface area contributed by atoms with Crippen molar-refractivity contribution < 1.29 is 14.3 Å². The molecule has 6 nitrogen and oxygen atoms in total. The second-order valence-electron chi connectivity index (χ2n) is 6.34. The molecule has 0 aromatic heterocycles. The van der Waals surface area contributed by atoms with Gasteiger partial charge >= 0.3 is 0 Å². The van der Waals surface area contributed by atoms with Gasteiger partial charge < -0.3 is 15.4 Å². The lowest BCUT2D eigenvalue weighted by molar-refractivity contribution is -0.122. The fraction of sp³-hybridized carbons (Fsp3) is 0.250. The number of nitrogens with zero attached hydrogens (tertiary/aromatic N) is 1. The minimum atomic E-state index is -0.500. The molecule has 1 aliphatic rings. The number of hydrogen-bond donors (Lipinski definition) is 2. The van der Waals surface area contributed by atoms with E-state index in [-0.39, 0.29) is 18.2 Å². The summed E-state index contributed by atoms with van der Waals surface area (Å²) in [6, 6.07) is 13.1. The normalized spacial score (nSPS) is 17.7. The summed E-state index contributed by atoms with van der Waals surface area (Å²) in [5.74, 6) is 0.219. The average Bonchev–Trinajstić information content (AvgIpc) is 2.93. The van der Waals surface area contributed by atoms with Crippen LogP contribution in [0.25, 0.3) is 0 Å². The average molecular weight is 383 g/mol. The Morgan fingerprint density at radius 1 is 1.22 bits per heavy atom. The van der Waals surface area contributed by atoms with E-state index in [2.05, 4.69) is 21.7 Å². The molecule has 0 radical (unpaired) electrons. The number of rotatable bonds is 5. The van der Waals surface area contributed by atoms with Crippen molar-refractivity contribution in [1.29, 1.82) is 0 Å². The maximum absolute atomic E-state index is 12.3. The predicted molar refractivity (Wildman–Crippen MR) is 109 cm³/mol. The quantitative estimate of drug-likeness (QED) is 0.827. The molecule has 1 heterocycles. The number of methoxy groups -OCH3 is 1. The number of hydrogen-bond acceptors (Lipinski definition) is 5. The molecule has 1 atom stereocenters. The molecule has 3 rings (SSSR count). The zero-order chi connectivity index (χ0) is 19.4. The van der Waals surface area contributed by atoms with Crippen LogP contribution in [-0.2, 0) is 9.59 Å². The molecule has 2 aromatic carbocycles. The number of anilines is 1. The Kier molecular flexibility index (Phi) is 5.81. The van der Waals surface area contributed by atoms with Crippen LogP contribution in [0.2, 0.25) is 0 Å². The molecule has 2 N–H and O–H groups in total. The molecule has 2 amide bonds. The van der Waals surface area contributed by atoms with Crippen LogP contribution in [0.3, 0.4) is 0 Å². The lowest BCUT2D eigenvalue weighted by Crippen LogP contribution is -2.28. The molecule has 1 aliphatic heterocycles. The van der Waals surface area contributed by atoms with Crippen LogP contribution in [0.1, 0.15) is 17.5 Å². The van der Waals surface area contributed by atoms with Gasteiger partial charge in [0.05, 0.1) is 12.8 Å². The van der Waals surface area contributed by atoms with Gasteiger partial charge in [0.2, 0.25) is 11.8 Å². The molecule has 0 saturated carbocycles. The maximum Gasteiger partial charge on any atom is 0.240 e. The summed E-state index contributed by atoms with van der Waals surface area (Å²) >= 11 is 1.28. The first-order valence-corrected chi connectivity index (χ1v) is 9.39. The van der Waals surface area contributed by atoms with Crippen molar-refractivity contribution >= 4 is 40.1 Å². The van der Waals surface area contributed by atoms with Crippen LogP contribution in [0, 0.1) is 13.8 Å². The van der Waals surface area contributed by atoms with Gasteiger partial charge in [-0.25, -0.2) is 4.99 Å². The molecule has 0 unspecified atom stereocenters. The Bertz CT molecular complexity index is 891. The third-order valence-electron chi connectivity index (χ3n) is 3.94. The Labute approximate surface area is 162 Å². The molecule has 1 fully saturated rings. The molecule has 140 valence electrons. The van der Waals surface area contributed by atoms with Crippen molar-refractivity contribution in [2.45, 2.75) is 25.5 Å². The van der Waals surface area contributed by atoms with Crippen molar-refractivity contribution in [3.05, 3.63) is 53.6 Å². The van der Waals surface area contributed by atoms with E-state index in [4.69, 9.17) is 4.74 Å². The van der Waals surface area contributed by atoms with Gasteiger partial charge in [-0.1, -0.05) is 23.9 Å². The number of carbonyl (C=O) groups excluding carboxylic acids is 2. The third-order valence-corrected chi connectivity index (χ3v) is 5.02. The van der Waals surface area contributed by atoms with Crippen LogP contribution in [0.15, 0.2) is 47.5 Å². The van der Waals surface area contributed by atoms with Crippen molar-refractivity contribution in [2.75, 3.05) is 12.4 Å². The zero-order valence-corrected chi connectivity index (χ0v) is 16.2. The molecule has 27 heavy (non-hydrogen) atoms. The summed E-state index contributed by atoms with van der Waals surface area (Å²) in [6.07, 6.45) is 0.0690. The van der Waals surface area contributed by atoms with Gasteiger partial charge in [0, 0.05) is 18.2 Å². The number of ether oxygens (including phenoxy) is 1. The maximum atomic E-state index is 12.3. The van der Waals surface area contributed by atoms with E-state index in [0.717, 1.165) is 16.8 Å². The van der Waals surface area contributed by atoms with Gasteiger partial charge in [-0.05, 0) is 49.2 Å². The molecule has 0 bridgehead atoms. The van der Waals surface area contributed by atoms with E-state index in [1.54, 1.807) is 31.4 Å². The SMILES string of the molecule is COc1cccc(NC(=O)C[C@@H]2SC(=Nc3cc(C)cc(C)c3)NC2=O)c1. The summed E-state index contributed by atoms with van der Waals surface area (Å²) in [7, 11) is 1.57. The van der Waals surface area contributed by atoms with Gasteiger partial charge in [0.1, 0.15) is 11.0 Å². The lowest BCUT2D eigenvalue weighted by Gasteiger charge is -2.08. The number of benzene rings is 2. The Morgan fingerprint density at radius 3 is 2.67 bits per heavy atom. The number of nitrogens with one attached hydrogen (secondary N) is 2. The van der Waals surface area contributed by atoms with Crippen LogP contribution in [0.4, 0.5) is 11.4 Å². The minimum absolute atomic E-state index is 0.0690. The highest BCUT2D eigenvalue weighted by atomic mass is 32.2. The van der Waals surface area contributed by atoms with E-state index >= 15 is 0 Å². The van der Waals surface area contributed by atoms with Crippen LogP contribution in [0.5, 0.6) is 5.75 Å². The topological polar surface area (TPSA) is 79.8 Å². The highest BCUT2D eigenvalue weighted by molar-refractivity contribution is 8.15. The molecular weight excluding hydrogens is 362 g/mol. The van der Waals surface area contributed by atoms with Gasteiger partial charge in [-0.2, -0.15) is 0 Å². The molecule has 2 aromatic rings. The second-order valence-corrected chi connectivity index (χ2v) is 7.53. The van der Waals surface area contributed by atoms with Gasteiger partial charge in [0.25, 0.3) is 0 Å². The Hall–Kier alpha value is -2.80. The van der Waals surface area contributed by atoms with E-state index in [1.807, 2.05) is 26.0 Å². The van der Waals surface area contributed by atoms with E-state index in [1.165, 1.54) is 11.8 Å². The number of carbonyl (C=O) groups is 2. The van der Waals surface area contributed by atoms with Gasteiger partial charge in [-0.15, -0.1) is 0 Å².